The summed E-state index contributed by atoms with van der Waals surface area (Å²) in [4.78, 5) is 2.74. The lowest BCUT2D eigenvalue weighted by molar-refractivity contribution is 0.555. The molecule has 2 heterocycles. The molecule has 4 heteroatoms. The molecule has 2 aliphatic heterocycles. The van der Waals surface area contributed by atoms with E-state index < -0.39 is 0 Å². The van der Waals surface area contributed by atoms with Gasteiger partial charge in [0.1, 0.15) is 0 Å². The van der Waals surface area contributed by atoms with Gasteiger partial charge in [-0.1, -0.05) is 111 Å². The molecular formula is C29H26N2S2. The zero-order valence-electron chi connectivity index (χ0n) is 18.7. The van der Waals surface area contributed by atoms with E-state index in [1.54, 1.807) is 0 Å². The molecule has 164 valence electrons. The average molecular weight is 467 g/mol. The second-order valence-electron chi connectivity index (χ2n) is 9.13. The largest absolute Gasteiger partial charge is 0.239 e. The fraction of sp³-hybridized carbons (Fsp3) is 0.172. The molecule has 33 heavy (non-hydrogen) atoms. The van der Waals surface area contributed by atoms with Crippen LogP contribution >= 0.6 is 23.5 Å². The SMILES string of the molecule is CC1(C)c2ccccc2Sc2c(-c3cccc(C4NNC(c5ccccc5)S4)c3)cccc21. The van der Waals surface area contributed by atoms with Gasteiger partial charge in [0.25, 0.3) is 0 Å². The second kappa shape index (κ2) is 8.37. The Morgan fingerprint density at radius 2 is 1.33 bits per heavy atom. The maximum absolute atomic E-state index is 3.50. The third-order valence-electron chi connectivity index (χ3n) is 6.68. The van der Waals surface area contributed by atoms with Crippen LogP contribution in [0, 0.1) is 0 Å². The minimum absolute atomic E-state index is 0.0134. The predicted octanol–water partition coefficient (Wildman–Crippen LogP) is 7.68. The molecule has 2 N–H and O–H groups in total. The summed E-state index contributed by atoms with van der Waals surface area (Å²) in [5, 5.41) is 0.455. The van der Waals surface area contributed by atoms with E-state index in [0.29, 0.717) is 0 Å². The Balaban J connectivity index is 1.35. The Morgan fingerprint density at radius 3 is 2.18 bits per heavy atom. The molecule has 0 saturated carbocycles. The summed E-state index contributed by atoms with van der Waals surface area (Å²) in [6, 6.07) is 35.3. The zero-order valence-corrected chi connectivity index (χ0v) is 20.3. The highest BCUT2D eigenvalue weighted by Crippen LogP contribution is 2.52. The number of hydrogen-bond donors (Lipinski definition) is 2. The fourth-order valence-corrected chi connectivity index (χ4v) is 7.56. The molecule has 2 unspecified atom stereocenters. The van der Waals surface area contributed by atoms with Crippen molar-refractivity contribution in [2.75, 3.05) is 0 Å². The number of hydrazine groups is 1. The Hall–Kier alpha value is -2.50. The van der Waals surface area contributed by atoms with Gasteiger partial charge in [-0.25, -0.2) is 10.9 Å². The van der Waals surface area contributed by atoms with Gasteiger partial charge in [0, 0.05) is 15.2 Å². The van der Waals surface area contributed by atoms with Gasteiger partial charge in [0.15, 0.2) is 0 Å². The number of nitrogens with one attached hydrogen (secondary N) is 2. The first kappa shape index (κ1) is 21.1. The first-order chi connectivity index (χ1) is 16.1. The first-order valence-corrected chi connectivity index (χ1v) is 13.1. The molecule has 0 bridgehead atoms. The molecule has 2 aliphatic rings. The zero-order chi connectivity index (χ0) is 22.4. The molecule has 4 aromatic rings. The van der Waals surface area contributed by atoms with Gasteiger partial charge >= 0.3 is 0 Å². The molecule has 0 radical (unpaired) electrons. The highest BCUT2D eigenvalue weighted by Gasteiger charge is 2.34. The third kappa shape index (κ3) is 3.71. The average Bonchev–Trinajstić information content (AvgIpc) is 3.35. The van der Waals surface area contributed by atoms with Crippen molar-refractivity contribution in [3.63, 3.8) is 0 Å². The highest BCUT2D eigenvalue weighted by molar-refractivity contribution is 8.00. The van der Waals surface area contributed by atoms with Crippen LogP contribution in [0.3, 0.4) is 0 Å². The summed E-state index contributed by atoms with van der Waals surface area (Å²) in [5.41, 5.74) is 14.9. The second-order valence-corrected chi connectivity index (χ2v) is 11.4. The molecule has 0 aromatic heterocycles. The van der Waals surface area contributed by atoms with Gasteiger partial charge in [0.2, 0.25) is 0 Å². The van der Waals surface area contributed by atoms with Crippen molar-refractivity contribution >= 4 is 23.5 Å². The van der Waals surface area contributed by atoms with Crippen LogP contribution in [0.2, 0.25) is 0 Å². The third-order valence-corrected chi connectivity index (χ3v) is 9.23. The summed E-state index contributed by atoms with van der Waals surface area (Å²) < 4.78 is 0. The van der Waals surface area contributed by atoms with Crippen molar-refractivity contribution < 1.29 is 0 Å². The van der Waals surface area contributed by atoms with Gasteiger partial charge in [-0.2, -0.15) is 0 Å². The molecule has 2 nitrogen and oxygen atoms in total. The first-order valence-electron chi connectivity index (χ1n) is 11.3. The molecular weight excluding hydrogens is 440 g/mol. The van der Waals surface area contributed by atoms with Crippen LogP contribution < -0.4 is 10.9 Å². The molecule has 2 atom stereocenters. The molecule has 0 aliphatic carbocycles. The number of benzene rings is 4. The maximum atomic E-state index is 3.50. The normalized spacial score (nSPS) is 20.8. The van der Waals surface area contributed by atoms with Crippen LogP contribution in [-0.2, 0) is 5.41 Å². The van der Waals surface area contributed by atoms with Crippen LogP contribution in [0.15, 0.2) is 107 Å². The smallest absolute Gasteiger partial charge is 0.0936 e. The van der Waals surface area contributed by atoms with Crippen molar-refractivity contribution in [3.05, 3.63) is 119 Å². The van der Waals surface area contributed by atoms with Gasteiger partial charge in [0.05, 0.1) is 10.7 Å². The van der Waals surface area contributed by atoms with Gasteiger partial charge < -0.3 is 0 Å². The molecule has 1 saturated heterocycles. The number of rotatable bonds is 3. The molecule has 0 amide bonds. The molecule has 4 aromatic carbocycles. The minimum Gasteiger partial charge on any atom is -0.239 e. The van der Waals surface area contributed by atoms with Gasteiger partial charge in [-0.3, -0.25) is 0 Å². The van der Waals surface area contributed by atoms with Crippen LogP contribution in [0.4, 0.5) is 0 Å². The summed E-state index contributed by atoms with van der Waals surface area (Å²) in [5.74, 6) is 0. The van der Waals surface area contributed by atoms with Crippen LogP contribution in [-0.4, -0.2) is 0 Å². The standard InChI is InChI=1S/C29H26N2S2/c1-29(2)23-15-6-7-17-25(23)32-26-22(14-9-16-24(26)29)20-12-8-13-21(18-20)28-31-30-27(33-28)19-10-4-3-5-11-19/h3-18,27-28,30-31H,1-2H3. The van der Waals surface area contributed by atoms with Crippen molar-refractivity contribution in [1.29, 1.82) is 0 Å². The fourth-order valence-electron chi connectivity index (χ4n) is 4.87. The number of thioether (sulfide) groups is 1. The lowest BCUT2D eigenvalue weighted by atomic mass is 9.77. The predicted molar refractivity (Wildman–Crippen MR) is 140 cm³/mol. The summed E-state index contributed by atoms with van der Waals surface area (Å²) >= 11 is 3.82. The van der Waals surface area contributed by atoms with E-state index in [4.69, 9.17) is 0 Å². The van der Waals surface area contributed by atoms with E-state index in [-0.39, 0.29) is 16.2 Å². The highest BCUT2D eigenvalue weighted by atomic mass is 32.2. The van der Waals surface area contributed by atoms with E-state index >= 15 is 0 Å². The topological polar surface area (TPSA) is 24.1 Å². The van der Waals surface area contributed by atoms with Crippen molar-refractivity contribution in [3.8, 4) is 11.1 Å². The Kier molecular flexibility index (Phi) is 5.34. The molecule has 6 rings (SSSR count). The number of hydrogen-bond acceptors (Lipinski definition) is 4. The van der Waals surface area contributed by atoms with Crippen molar-refractivity contribution in [1.82, 2.24) is 10.9 Å². The Bertz CT molecular complexity index is 1320. The summed E-state index contributed by atoms with van der Waals surface area (Å²) in [6.45, 7) is 4.69. The van der Waals surface area contributed by atoms with Crippen LogP contribution in [0.1, 0.15) is 46.8 Å². The summed E-state index contributed by atoms with van der Waals surface area (Å²) in [6.07, 6.45) is 0. The molecule has 1 fully saturated rings. The van der Waals surface area contributed by atoms with E-state index in [2.05, 4.69) is 122 Å². The van der Waals surface area contributed by atoms with Gasteiger partial charge in [-0.15, -0.1) is 11.8 Å². The van der Waals surface area contributed by atoms with Crippen LogP contribution in [0.5, 0.6) is 0 Å². The number of fused-ring (bicyclic) bond motifs is 2. The van der Waals surface area contributed by atoms with Crippen molar-refractivity contribution in [2.45, 2.75) is 39.8 Å². The molecule has 0 spiro atoms. The van der Waals surface area contributed by atoms with E-state index in [9.17, 15) is 0 Å². The van der Waals surface area contributed by atoms with E-state index in [1.165, 1.54) is 43.2 Å². The van der Waals surface area contributed by atoms with Gasteiger partial charge in [-0.05, 0) is 45.5 Å². The summed E-state index contributed by atoms with van der Waals surface area (Å²) in [7, 11) is 0. The Labute approximate surface area is 204 Å². The minimum atomic E-state index is -0.0134. The van der Waals surface area contributed by atoms with Crippen molar-refractivity contribution in [2.24, 2.45) is 0 Å². The quantitative estimate of drug-likeness (QED) is 0.323. The van der Waals surface area contributed by atoms with Crippen LogP contribution in [0.25, 0.3) is 11.1 Å². The lowest BCUT2D eigenvalue weighted by Crippen LogP contribution is -2.26. The maximum Gasteiger partial charge on any atom is 0.0936 e. The Morgan fingerprint density at radius 1 is 0.667 bits per heavy atom. The van der Waals surface area contributed by atoms with E-state index in [0.717, 1.165) is 0 Å². The monoisotopic (exact) mass is 466 g/mol. The van der Waals surface area contributed by atoms with E-state index in [1.807, 2.05) is 23.5 Å². The lowest BCUT2D eigenvalue weighted by Gasteiger charge is -2.35.